The lowest BCUT2D eigenvalue weighted by Gasteiger charge is -2.11. The van der Waals surface area contributed by atoms with Gasteiger partial charge >= 0.3 is 0 Å². The Morgan fingerprint density at radius 2 is 1.33 bits per heavy atom. The van der Waals surface area contributed by atoms with Crippen LogP contribution in [0.25, 0.3) is 0 Å². The number of halogens is 2. The van der Waals surface area contributed by atoms with E-state index in [1.165, 1.54) is 26.4 Å². The minimum atomic E-state index is -0.902. The van der Waals surface area contributed by atoms with Crippen molar-refractivity contribution in [2.75, 3.05) is 14.2 Å². The lowest BCUT2D eigenvalue weighted by atomic mass is 10.2. The summed E-state index contributed by atoms with van der Waals surface area (Å²) in [5.74, 6) is -1.33. The van der Waals surface area contributed by atoms with Crippen LogP contribution in [0.15, 0.2) is 30.3 Å². The third kappa shape index (κ3) is 3.41. The number of methoxy groups -OCH3 is 2. The summed E-state index contributed by atoms with van der Waals surface area (Å²) in [6.07, 6.45) is 0. The number of benzene rings is 2. The van der Waals surface area contributed by atoms with Crippen molar-refractivity contribution in [1.29, 1.82) is 0 Å². The van der Waals surface area contributed by atoms with E-state index in [4.69, 9.17) is 19.3 Å². The molecule has 0 amide bonds. The van der Waals surface area contributed by atoms with Crippen LogP contribution in [0.4, 0.5) is 8.78 Å². The third-order valence-electron chi connectivity index (χ3n) is 2.79. The topological polar surface area (TPSA) is 47.9 Å². The van der Waals surface area contributed by atoms with Crippen LogP contribution in [0.5, 0.6) is 23.0 Å². The average Bonchev–Trinajstić information content (AvgIpc) is 2.50. The van der Waals surface area contributed by atoms with Gasteiger partial charge in [-0.25, -0.2) is 8.78 Å². The molecule has 0 bridgehead atoms. The minimum Gasteiger partial charge on any atom is -0.496 e. The van der Waals surface area contributed by atoms with Gasteiger partial charge in [0.15, 0.2) is 17.4 Å². The summed E-state index contributed by atoms with van der Waals surface area (Å²) in [6, 6.07) is 6.57. The fourth-order valence-electron chi connectivity index (χ4n) is 1.76. The van der Waals surface area contributed by atoms with Gasteiger partial charge in [-0.2, -0.15) is 0 Å². The van der Waals surface area contributed by atoms with Gasteiger partial charge in [0.05, 0.1) is 20.8 Å². The van der Waals surface area contributed by atoms with Crippen LogP contribution in [0.3, 0.4) is 0 Å². The Kier molecular flexibility index (Phi) is 4.59. The molecule has 0 saturated carbocycles. The van der Waals surface area contributed by atoms with Crippen LogP contribution in [-0.4, -0.2) is 19.3 Å². The first kappa shape index (κ1) is 15.1. The van der Waals surface area contributed by atoms with Crippen molar-refractivity contribution in [3.8, 4) is 23.0 Å². The van der Waals surface area contributed by atoms with Crippen molar-refractivity contribution in [3.63, 3.8) is 0 Å². The third-order valence-corrected chi connectivity index (χ3v) is 2.79. The maximum atomic E-state index is 13.8. The number of ether oxygens (including phenoxy) is 3. The lowest BCUT2D eigenvalue weighted by Crippen LogP contribution is -1.97. The molecule has 0 radical (unpaired) electrons. The Hall–Kier alpha value is -2.34. The summed E-state index contributed by atoms with van der Waals surface area (Å²) in [5, 5.41) is 8.90. The second-order valence-electron chi connectivity index (χ2n) is 4.20. The Bertz CT molecular complexity index is 598. The van der Waals surface area contributed by atoms with E-state index >= 15 is 0 Å². The Morgan fingerprint density at radius 1 is 0.857 bits per heavy atom. The van der Waals surface area contributed by atoms with Gasteiger partial charge in [-0.15, -0.1) is 0 Å². The van der Waals surface area contributed by atoms with Crippen molar-refractivity contribution in [3.05, 3.63) is 47.5 Å². The van der Waals surface area contributed by atoms with Crippen LogP contribution >= 0.6 is 0 Å². The molecule has 0 atom stereocenters. The van der Waals surface area contributed by atoms with Gasteiger partial charge in [0.25, 0.3) is 0 Å². The zero-order chi connectivity index (χ0) is 15.4. The van der Waals surface area contributed by atoms with Gasteiger partial charge in [-0.3, -0.25) is 0 Å². The van der Waals surface area contributed by atoms with E-state index in [1.54, 1.807) is 6.07 Å². The molecule has 0 aliphatic rings. The fourth-order valence-corrected chi connectivity index (χ4v) is 1.76. The standard InChI is InChI=1S/C15H14F2O4/c1-19-10-5-11(20-2)7-12(6-10)21-15-13(16)3-9(8-18)4-14(15)17/h3-7,18H,8H2,1-2H3. The first-order valence-electron chi connectivity index (χ1n) is 6.07. The number of rotatable bonds is 5. The van der Waals surface area contributed by atoms with E-state index in [0.29, 0.717) is 11.5 Å². The van der Waals surface area contributed by atoms with Crippen LogP contribution < -0.4 is 14.2 Å². The van der Waals surface area contributed by atoms with Gasteiger partial charge in [0, 0.05) is 18.2 Å². The van der Waals surface area contributed by atoms with Crippen molar-refractivity contribution < 1.29 is 28.1 Å². The van der Waals surface area contributed by atoms with Crippen molar-refractivity contribution in [2.24, 2.45) is 0 Å². The molecule has 0 aliphatic heterocycles. The molecule has 2 rings (SSSR count). The lowest BCUT2D eigenvalue weighted by molar-refractivity contribution is 0.279. The first-order valence-corrected chi connectivity index (χ1v) is 6.07. The summed E-state index contributed by atoms with van der Waals surface area (Å²) in [7, 11) is 2.91. The molecular formula is C15H14F2O4. The molecule has 0 spiro atoms. The summed E-state index contributed by atoms with van der Waals surface area (Å²) in [6.45, 7) is -0.457. The average molecular weight is 296 g/mol. The molecule has 112 valence electrons. The number of hydrogen-bond acceptors (Lipinski definition) is 4. The maximum Gasteiger partial charge on any atom is 0.198 e. The van der Waals surface area contributed by atoms with E-state index in [9.17, 15) is 8.78 Å². The summed E-state index contributed by atoms with van der Waals surface area (Å²) in [5.41, 5.74) is 0.126. The molecule has 1 N–H and O–H groups in total. The Morgan fingerprint density at radius 3 is 1.76 bits per heavy atom. The summed E-state index contributed by atoms with van der Waals surface area (Å²) >= 11 is 0. The molecule has 0 unspecified atom stereocenters. The van der Waals surface area contributed by atoms with E-state index in [0.717, 1.165) is 12.1 Å². The molecule has 0 aliphatic carbocycles. The zero-order valence-corrected chi connectivity index (χ0v) is 11.5. The molecular weight excluding hydrogens is 282 g/mol. The van der Waals surface area contributed by atoms with Crippen LogP contribution in [0.1, 0.15) is 5.56 Å². The highest BCUT2D eigenvalue weighted by molar-refractivity contribution is 5.44. The zero-order valence-electron chi connectivity index (χ0n) is 11.5. The molecule has 2 aromatic rings. The Balaban J connectivity index is 2.38. The highest BCUT2D eigenvalue weighted by atomic mass is 19.1. The second kappa shape index (κ2) is 6.41. The predicted octanol–water partition coefficient (Wildman–Crippen LogP) is 3.27. The number of aliphatic hydroxyl groups is 1. The van der Waals surface area contributed by atoms with E-state index in [1.807, 2.05) is 0 Å². The molecule has 0 fully saturated rings. The number of aliphatic hydroxyl groups excluding tert-OH is 1. The van der Waals surface area contributed by atoms with Crippen LogP contribution in [0, 0.1) is 11.6 Å². The molecule has 0 saturated heterocycles. The van der Waals surface area contributed by atoms with E-state index in [-0.39, 0.29) is 11.3 Å². The van der Waals surface area contributed by atoms with Crippen LogP contribution in [0.2, 0.25) is 0 Å². The minimum absolute atomic E-state index is 0.126. The van der Waals surface area contributed by atoms with Gasteiger partial charge in [0.2, 0.25) is 0 Å². The number of hydrogen-bond donors (Lipinski definition) is 1. The van der Waals surface area contributed by atoms with Gasteiger partial charge in [-0.1, -0.05) is 0 Å². The summed E-state index contributed by atoms with van der Waals surface area (Å²) in [4.78, 5) is 0. The van der Waals surface area contributed by atoms with Gasteiger partial charge in [-0.05, 0) is 17.7 Å². The van der Waals surface area contributed by atoms with E-state index in [2.05, 4.69) is 0 Å². The normalized spacial score (nSPS) is 10.3. The largest absolute Gasteiger partial charge is 0.496 e. The smallest absolute Gasteiger partial charge is 0.198 e. The van der Waals surface area contributed by atoms with Gasteiger partial charge < -0.3 is 19.3 Å². The quantitative estimate of drug-likeness (QED) is 0.920. The summed E-state index contributed by atoms with van der Waals surface area (Å²) < 4.78 is 43.0. The second-order valence-corrected chi connectivity index (χ2v) is 4.20. The van der Waals surface area contributed by atoms with Crippen LogP contribution in [-0.2, 0) is 6.61 Å². The molecule has 4 nitrogen and oxygen atoms in total. The molecule has 21 heavy (non-hydrogen) atoms. The predicted molar refractivity (Wildman–Crippen MR) is 71.9 cm³/mol. The monoisotopic (exact) mass is 296 g/mol. The van der Waals surface area contributed by atoms with E-state index < -0.39 is 24.0 Å². The molecule has 0 aromatic heterocycles. The van der Waals surface area contributed by atoms with Crippen molar-refractivity contribution >= 4 is 0 Å². The Labute approximate surface area is 120 Å². The molecule has 0 heterocycles. The van der Waals surface area contributed by atoms with Crippen molar-refractivity contribution in [2.45, 2.75) is 6.61 Å². The molecule has 2 aromatic carbocycles. The first-order chi connectivity index (χ1) is 10.1. The van der Waals surface area contributed by atoms with Gasteiger partial charge in [0.1, 0.15) is 17.2 Å². The molecule has 6 heteroatoms. The highest BCUT2D eigenvalue weighted by Gasteiger charge is 2.14. The SMILES string of the molecule is COc1cc(OC)cc(Oc2c(F)cc(CO)cc2F)c1. The maximum absolute atomic E-state index is 13.8. The highest BCUT2D eigenvalue weighted by Crippen LogP contribution is 2.33. The fraction of sp³-hybridized carbons (Fsp3) is 0.200. The van der Waals surface area contributed by atoms with Crippen molar-refractivity contribution in [1.82, 2.24) is 0 Å².